The van der Waals surface area contributed by atoms with Gasteiger partial charge in [0.25, 0.3) is 0 Å². The monoisotopic (exact) mass is 240 g/mol. The Hall–Kier alpha value is 0.0800. The summed E-state index contributed by atoms with van der Waals surface area (Å²) in [5.74, 6) is 0. The molecule has 1 saturated heterocycles. The zero-order chi connectivity index (χ0) is 10.7. The summed E-state index contributed by atoms with van der Waals surface area (Å²) in [5.41, 5.74) is 0. The fraction of sp³-hybridized carbons (Fsp3) is 0.857. The molecule has 0 spiro atoms. The number of ether oxygens (including phenoxy) is 2. The van der Waals surface area contributed by atoms with Crippen LogP contribution in [0.2, 0.25) is 0 Å². The van der Waals surface area contributed by atoms with Gasteiger partial charge in [-0.15, -0.1) is 0 Å². The van der Waals surface area contributed by atoms with E-state index in [1.54, 1.807) is 6.26 Å². The van der Waals surface area contributed by atoms with Gasteiger partial charge in [0, 0.05) is 0 Å². The zero-order valence-electron chi connectivity index (χ0n) is 7.49. The van der Waals surface area contributed by atoms with E-state index in [0.29, 0.717) is 0 Å². The third-order valence-electron chi connectivity index (χ3n) is 1.85. The van der Waals surface area contributed by atoms with Crippen LogP contribution < -0.4 is 0 Å². The van der Waals surface area contributed by atoms with E-state index in [1.165, 1.54) is 11.8 Å². The molecule has 0 unspecified atom stereocenters. The van der Waals surface area contributed by atoms with E-state index >= 15 is 0 Å². The molecule has 0 aromatic heterocycles. The van der Waals surface area contributed by atoms with Gasteiger partial charge in [0.2, 0.25) is 4.38 Å². The summed E-state index contributed by atoms with van der Waals surface area (Å²) in [6.45, 7) is -0.117. The van der Waals surface area contributed by atoms with Gasteiger partial charge in [-0.25, -0.2) is 0 Å². The van der Waals surface area contributed by atoms with Crippen LogP contribution in [0.15, 0.2) is 0 Å². The highest BCUT2D eigenvalue weighted by molar-refractivity contribution is 8.22. The Morgan fingerprint density at radius 3 is 2.71 bits per heavy atom. The van der Waals surface area contributed by atoms with E-state index in [-0.39, 0.29) is 11.0 Å². The third kappa shape index (κ3) is 2.78. The summed E-state index contributed by atoms with van der Waals surface area (Å²) in [6, 6.07) is 0. The lowest BCUT2D eigenvalue weighted by Gasteiger charge is -2.35. The van der Waals surface area contributed by atoms with Crippen molar-refractivity contribution >= 4 is 28.4 Å². The highest BCUT2D eigenvalue weighted by Crippen LogP contribution is 2.19. The van der Waals surface area contributed by atoms with Crippen molar-refractivity contribution in [3.63, 3.8) is 0 Å². The summed E-state index contributed by atoms with van der Waals surface area (Å²) in [4.78, 5) is 0. The van der Waals surface area contributed by atoms with Gasteiger partial charge in [0.05, 0.1) is 6.61 Å². The molecular formula is C7H12O5S2. The minimum Gasteiger partial charge on any atom is -0.467 e. The van der Waals surface area contributed by atoms with Crippen LogP contribution in [0.1, 0.15) is 0 Å². The number of aliphatic hydroxyl groups is 3. The van der Waals surface area contributed by atoms with Crippen LogP contribution in [0, 0.1) is 0 Å². The second-order valence-corrected chi connectivity index (χ2v) is 4.23. The Kier molecular flexibility index (Phi) is 4.55. The second-order valence-electron chi connectivity index (χ2n) is 2.82. The maximum atomic E-state index is 9.47. The van der Waals surface area contributed by atoms with Crippen LogP contribution in [0.5, 0.6) is 0 Å². The Morgan fingerprint density at radius 2 is 2.14 bits per heavy atom. The summed E-state index contributed by atoms with van der Waals surface area (Å²) in [6.07, 6.45) is -2.84. The van der Waals surface area contributed by atoms with Crippen molar-refractivity contribution in [3.05, 3.63) is 0 Å². The van der Waals surface area contributed by atoms with E-state index in [0.717, 1.165) is 0 Å². The molecular weight excluding hydrogens is 228 g/mol. The standard InChI is InChI=1S/C7H12O5S2/c1-14-7(13)12-5-4(9)3(8)2-11-6(5)10/h3-6,8-10H,2H2,1H3/t3-,4-,5+,6-/m0/s1. The van der Waals surface area contributed by atoms with Crippen LogP contribution in [-0.2, 0) is 9.47 Å². The quantitative estimate of drug-likeness (QED) is 0.512. The highest BCUT2D eigenvalue weighted by Gasteiger charge is 2.40. The van der Waals surface area contributed by atoms with Gasteiger partial charge >= 0.3 is 0 Å². The SMILES string of the molecule is CSC(=S)O[C@@H]1[C@@H](O)[C@@H](O)CO[C@@H]1O. The summed E-state index contributed by atoms with van der Waals surface area (Å²) in [7, 11) is 0. The fourth-order valence-corrected chi connectivity index (χ4v) is 1.38. The first-order chi connectivity index (χ1) is 6.56. The molecule has 1 rings (SSSR count). The highest BCUT2D eigenvalue weighted by atomic mass is 32.2. The second kappa shape index (κ2) is 5.24. The molecule has 0 radical (unpaired) electrons. The molecule has 0 aromatic carbocycles. The third-order valence-corrected chi connectivity index (χ3v) is 2.87. The molecule has 1 aliphatic rings. The Balaban J connectivity index is 2.58. The Morgan fingerprint density at radius 1 is 1.50 bits per heavy atom. The zero-order valence-corrected chi connectivity index (χ0v) is 9.12. The molecule has 1 aliphatic heterocycles. The van der Waals surface area contributed by atoms with Crippen LogP contribution in [0.25, 0.3) is 0 Å². The molecule has 4 atom stereocenters. The number of thioether (sulfide) groups is 1. The molecule has 0 saturated carbocycles. The van der Waals surface area contributed by atoms with Crippen molar-refractivity contribution in [1.29, 1.82) is 0 Å². The summed E-state index contributed by atoms with van der Waals surface area (Å²) < 4.78 is 10.0. The lowest BCUT2D eigenvalue weighted by molar-refractivity contribution is -0.246. The normalized spacial score (nSPS) is 38.0. The van der Waals surface area contributed by atoms with E-state index in [1.807, 2.05) is 0 Å². The first-order valence-corrected chi connectivity index (χ1v) is 5.60. The van der Waals surface area contributed by atoms with E-state index in [2.05, 4.69) is 0 Å². The molecule has 5 nitrogen and oxygen atoms in total. The van der Waals surface area contributed by atoms with Crippen LogP contribution in [-0.4, -0.2) is 57.2 Å². The molecule has 0 aliphatic carbocycles. The van der Waals surface area contributed by atoms with Crippen molar-refractivity contribution in [2.45, 2.75) is 24.6 Å². The minimum atomic E-state index is -1.27. The van der Waals surface area contributed by atoms with E-state index in [9.17, 15) is 15.3 Å². The van der Waals surface area contributed by atoms with Crippen LogP contribution >= 0.6 is 24.0 Å². The van der Waals surface area contributed by atoms with Gasteiger partial charge in [-0.1, -0.05) is 11.8 Å². The first kappa shape index (κ1) is 12.2. The largest absolute Gasteiger partial charge is 0.467 e. The summed E-state index contributed by atoms with van der Waals surface area (Å²) in [5, 5.41) is 28.0. The molecule has 1 fully saturated rings. The lowest BCUT2D eigenvalue weighted by Crippen LogP contribution is -2.54. The number of thiocarbonyl (C=S) groups is 1. The van der Waals surface area contributed by atoms with E-state index < -0.39 is 24.6 Å². The van der Waals surface area contributed by atoms with E-state index in [4.69, 9.17) is 21.7 Å². The van der Waals surface area contributed by atoms with Gasteiger partial charge < -0.3 is 24.8 Å². The molecule has 0 aromatic rings. The van der Waals surface area contributed by atoms with Crippen LogP contribution in [0.3, 0.4) is 0 Å². The molecule has 0 amide bonds. The average molecular weight is 240 g/mol. The Bertz CT molecular complexity index is 212. The van der Waals surface area contributed by atoms with Gasteiger partial charge in [0.15, 0.2) is 12.4 Å². The van der Waals surface area contributed by atoms with Crippen molar-refractivity contribution in [3.8, 4) is 0 Å². The number of rotatable bonds is 1. The van der Waals surface area contributed by atoms with Gasteiger partial charge in [0.1, 0.15) is 12.2 Å². The Labute approximate surface area is 91.0 Å². The van der Waals surface area contributed by atoms with Crippen molar-refractivity contribution in [2.24, 2.45) is 0 Å². The molecule has 0 bridgehead atoms. The van der Waals surface area contributed by atoms with Crippen LogP contribution in [0.4, 0.5) is 0 Å². The number of hydrogen-bond acceptors (Lipinski definition) is 7. The van der Waals surface area contributed by atoms with Gasteiger partial charge in [-0.05, 0) is 18.5 Å². The first-order valence-electron chi connectivity index (χ1n) is 3.96. The fourth-order valence-electron chi connectivity index (χ4n) is 1.07. The molecule has 82 valence electrons. The molecule has 14 heavy (non-hydrogen) atoms. The maximum Gasteiger partial charge on any atom is 0.220 e. The number of hydrogen-bond donors (Lipinski definition) is 3. The minimum absolute atomic E-state index is 0.117. The predicted molar refractivity (Wildman–Crippen MR) is 55.0 cm³/mol. The maximum absolute atomic E-state index is 9.47. The number of aliphatic hydroxyl groups excluding tert-OH is 3. The predicted octanol–water partition coefficient (Wildman–Crippen LogP) is -0.910. The van der Waals surface area contributed by atoms with Gasteiger partial charge in [-0.3, -0.25) is 0 Å². The van der Waals surface area contributed by atoms with Crippen molar-refractivity contribution in [2.75, 3.05) is 12.9 Å². The topological polar surface area (TPSA) is 79.2 Å². The summed E-state index contributed by atoms with van der Waals surface area (Å²) >= 11 is 5.94. The van der Waals surface area contributed by atoms with Gasteiger partial charge in [-0.2, -0.15) is 0 Å². The molecule has 1 heterocycles. The smallest absolute Gasteiger partial charge is 0.220 e. The average Bonchev–Trinajstić information content (AvgIpc) is 2.18. The molecule has 3 N–H and O–H groups in total. The lowest BCUT2D eigenvalue weighted by atomic mass is 10.1. The molecule has 7 heteroatoms. The van der Waals surface area contributed by atoms with Crippen molar-refractivity contribution < 1.29 is 24.8 Å². The van der Waals surface area contributed by atoms with Crippen molar-refractivity contribution in [1.82, 2.24) is 0 Å².